The fourth-order valence-electron chi connectivity index (χ4n) is 3.17. The van der Waals surface area contributed by atoms with Gasteiger partial charge in [-0.05, 0) is 54.7 Å². The third-order valence-electron chi connectivity index (χ3n) is 4.61. The molecule has 0 bridgehead atoms. The number of carbonyl (C=O) groups excluding carboxylic acids is 1. The second-order valence-electron chi connectivity index (χ2n) is 6.70. The molecular weight excluding hydrogens is 387 g/mol. The Kier molecular flexibility index (Phi) is 6.51. The average Bonchev–Trinajstić information content (AvgIpc) is 2.71. The van der Waals surface area contributed by atoms with E-state index in [0.29, 0.717) is 22.6 Å². The highest BCUT2D eigenvalue weighted by molar-refractivity contribution is 5.78. The van der Waals surface area contributed by atoms with Crippen LogP contribution in [-0.4, -0.2) is 44.0 Å². The van der Waals surface area contributed by atoms with Gasteiger partial charge in [-0.15, -0.1) is 13.2 Å². The van der Waals surface area contributed by atoms with E-state index in [2.05, 4.69) is 4.74 Å². The molecule has 1 fully saturated rings. The molecule has 0 aromatic heterocycles. The van der Waals surface area contributed by atoms with Gasteiger partial charge in [0.15, 0.2) is 6.61 Å². The lowest BCUT2D eigenvalue weighted by Crippen LogP contribution is -2.38. The SMILES string of the molecule is COc1cc(OCC(=O)N2CCCCC2)cc(-c2ccc(OC(F)(F)F)cc2)c1. The first-order valence-electron chi connectivity index (χ1n) is 9.30. The summed E-state index contributed by atoms with van der Waals surface area (Å²) in [6, 6.07) is 10.6. The Hall–Kier alpha value is -2.90. The van der Waals surface area contributed by atoms with Crippen molar-refractivity contribution in [2.45, 2.75) is 25.6 Å². The standard InChI is InChI=1S/C21H22F3NO4/c1-27-18-11-16(15-5-7-17(8-6-15)29-21(22,23)24)12-19(13-18)28-14-20(26)25-9-3-2-4-10-25/h5-8,11-13H,2-4,9-10,14H2,1H3. The first-order valence-corrected chi connectivity index (χ1v) is 9.30. The summed E-state index contributed by atoms with van der Waals surface area (Å²) in [5.41, 5.74) is 1.34. The van der Waals surface area contributed by atoms with Gasteiger partial charge in [0.25, 0.3) is 5.91 Å². The lowest BCUT2D eigenvalue weighted by atomic mass is 10.0. The van der Waals surface area contributed by atoms with E-state index in [1.54, 1.807) is 23.1 Å². The molecule has 0 unspecified atom stereocenters. The number of amides is 1. The molecule has 0 saturated carbocycles. The quantitative estimate of drug-likeness (QED) is 0.697. The molecule has 1 aliphatic heterocycles. The van der Waals surface area contributed by atoms with Crippen LogP contribution in [0.2, 0.25) is 0 Å². The van der Waals surface area contributed by atoms with Gasteiger partial charge in [-0.1, -0.05) is 12.1 Å². The van der Waals surface area contributed by atoms with Gasteiger partial charge in [-0.2, -0.15) is 0 Å². The smallest absolute Gasteiger partial charge is 0.497 e. The molecule has 0 atom stereocenters. The second kappa shape index (κ2) is 9.07. The van der Waals surface area contributed by atoms with Crippen LogP contribution in [-0.2, 0) is 4.79 Å². The molecule has 1 heterocycles. The highest BCUT2D eigenvalue weighted by Crippen LogP contribution is 2.32. The number of piperidine rings is 1. The highest BCUT2D eigenvalue weighted by atomic mass is 19.4. The summed E-state index contributed by atoms with van der Waals surface area (Å²) in [4.78, 5) is 14.1. The molecule has 1 saturated heterocycles. The summed E-state index contributed by atoms with van der Waals surface area (Å²) in [6.45, 7) is 1.42. The molecule has 156 valence electrons. The second-order valence-corrected chi connectivity index (χ2v) is 6.70. The van der Waals surface area contributed by atoms with Crippen LogP contribution in [0.15, 0.2) is 42.5 Å². The van der Waals surface area contributed by atoms with Gasteiger partial charge >= 0.3 is 6.36 Å². The molecule has 0 radical (unpaired) electrons. The minimum absolute atomic E-state index is 0.0669. The van der Waals surface area contributed by atoms with Crippen molar-refractivity contribution in [1.82, 2.24) is 4.90 Å². The van der Waals surface area contributed by atoms with Crippen LogP contribution >= 0.6 is 0 Å². The Bertz CT molecular complexity index is 831. The van der Waals surface area contributed by atoms with E-state index in [4.69, 9.17) is 9.47 Å². The largest absolute Gasteiger partial charge is 0.573 e. The van der Waals surface area contributed by atoms with Gasteiger partial charge in [0.05, 0.1) is 7.11 Å². The Morgan fingerprint density at radius 1 is 0.931 bits per heavy atom. The number of ether oxygens (including phenoxy) is 3. The van der Waals surface area contributed by atoms with Crippen LogP contribution in [0.25, 0.3) is 11.1 Å². The number of hydrogen-bond acceptors (Lipinski definition) is 4. The average molecular weight is 409 g/mol. The third kappa shape index (κ3) is 6.04. The Labute approximate surface area is 167 Å². The number of likely N-dealkylation sites (tertiary alicyclic amines) is 1. The molecule has 2 aromatic rings. The van der Waals surface area contributed by atoms with E-state index in [9.17, 15) is 18.0 Å². The Balaban J connectivity index is 1.72. The molecule has 1 aliphatic rings. The van der Waals surface area contributed by atoms with E-state index in [0.717, 1.165) is 32.4 Å². The molecule has 5 nitrogen and oxygen atoms in total. The van der Waals surface area contributed by atoms with E-state index in [-0.39, 0.29) is 18.3 Å². The fraction of sp³-hybridized carbons (Fsp3) is 0.381. The van der Waals surface area contributed by atoms with Gasteiger partial charge in [-0.3, -0.25) is 4.79 Å². The highest BCUT2D eigenvalue weighted by Gasteiger charge is 2.31. The number of nitrogens with zero attached hydrogens (tertiary/aromatic N) is 1. The topological polar surface area (TPSA) is 48.0 Å². The summed E-state index contributed by atoms with van der Waals surface area (Å²) in [5, 5.41) is 0. The predicted molar refractivity (Wildman–Crippen MR) is 101 cm³/mol. The zero-order valence-electron chi connectivity index (χ0n) is 16.0. The molecular formula is C21H22F3NO4. The number of carbonyl (C=O) groups is 1. The van der Waals surface area contributed by atoms with Crippen molar-refractivity contribution in [3.63, 3.8) is 0 Å². The van der Waals surface area contributed by atoms with E-state index in [1.165, 1.54) is 31.4 Å². The number of hydrogen-bond donors (Lipinski definition) is 0. The first-order chi connectivity index (χ1) is 13.8. The predicted octanol–water partition coefficient (Wildman–Crippen LogP) is 4.65. The Morgan fingerprint density at radius 3 is 2.21 bits per heavy atom. The maximum Gasteiger partial charge on any atom is 0.573 e. The summed E-state index contributed by atoms with van der Waals surface area (Å²) < 4.78 is 51.8. The molecule has 2 aromatic carbocycles. The maximum absolute atomic E-state index is 12.3. The molecule has 0 spiro atoms. The zero-order chi connectivity index (χ0) is 20.9. The number of alkyl halides is 3. The van der Waals surface area contributed by atoms with Crippen molar-refractivity contribution < 1.29 is 32.2 Å². The summed E-state index contributed by atoms with van der Waals surface area (Å²) in [5.74, 6) is 0.592. The maximum atomic E-state index is 12.3. The molecule has 0 N–H and O–H groups in total. The third-order valence-corrected chi connectivity index (χ3v) is 4.61. The fourth-order valence-corrected chi connectivity index (χ4v) is 3.17. The van der Waals surface area contributed by atoms with E-state index < -0.39 is 6.36 Å². The lowest BCUT2D eigenvalue weighted by molar-refractivity contribution is -0.274. The number of rotatable bonds is 6. The van der Waals surface area contributed by atoms with Crippen LogP contribution in [0.1, 0.15) is 19.3 Å². The summed E-state index contributed by atoms with van der Waals surface area (Å²) >= 11 is 0. The van der Waals surface area contributed by atoms with Gasteiger partial charge in [-0.25, -0.2) is 0 Å². The zero-order valence-corrected chi connectivity index (χ0v) is 16.0. The van der Waals surface area contributed by atoms with Crippen molar-refractivity contribution in [1.29, 1.82) is 0 Å². The number of halogens is 3. The van der Waals surface area contributed by atoms with Gasteiger partial charge in [0.1, 0.15) is 17.2 Å². The Morgan fingerprint density at radius 2 is 1.59 bits per heavy atom. The minimum Gasteiger partial charge on any atom is -0.497 e. The van der Waals surface area contributed by atoms with Gasteiger partial charge < -0.3 is 19.1 Å². The monoisotopic (exact) mass is 409 g/mol. The van der Waals surface area contributed by atoms with Gasteiger partial charge in [0, 0.05) is 19.2 Å². The molecule has 3 rings (SSSR count). The minimum atomic E-state index is -4.74. The van der Waals surface area contributed by atoms with Crippen molar-refractivity contribution in [2.24, 2.45) is 0 Å². The summed E-state index contributed by atoms with van der Waals surface area (Å²) in [7, 11) is 1.50. The van der Waals surface area contributed by atoms with E-state index in [1.807, 2.05) is 0 Å². The van der Waals surface area contributed by atoms with Gasteiger partial charge in [0.2, 0.25) is 0 Å². The van der Waals surface area contributed by atoms with Crippen molar-refractivity contribution >= 4 is 5.91 Å². The summed E-state index contributed by atoms with van der Waals surface area (Å²) in [6.07, 6.45) is -1.59. The van der Waals surface area contributed by atoms with Crippen molar-refractivity contribution in [3.05, 3.63) is 42.5 Å². The molecule has 8 heteroatoms. The van der Waals surface area contributed by atoms with Crippen LogP contribution in [0.4, 0.5) is 13.2 Å². The van der Waals surface area contributed by atoms with Crippen LogP contribution in [0, 0.1) is 0 Å². The van der Waals surface area contributed by atoms with Crippen LogP contribution in [0.3, 0.4) is 0 Å². The van der Waals surface area contributed by atoms with Crippen LogP contribution in [0.5, 0.6) is 17.2 Å². The van der Waals surface area contributed by atoms with Crippen LogP contribution < -0.4 is 14.2 Å². The van der Waals surface area contributed by atoms with E-state index >= 15 is 0 Å². The normalized spacial score (nSPS) is 14.4. The number of methoxy groups -OCH3 is 1. The molecule has 0 aliphatic carbocycles. The molecule has 29 heavy (non-hydrogen) atoms. The van der Waals surface area contributed by atoms with Crippen molar-refractivity contribution in [2.75, 3.05) is 26.8 Å². The number of benzene rings is 2. The lowest BCUT2D eigenvalue weighted by Gasteiger charge is -2.26. The first kappa shape index (κ1) is 20.8. The van der Waals surface area contributed by atoms with Crippen molar-refractivity contribution in [3.8, 4) is 28.4 Å². The molecule has 1 amide bonds.